The topological polar surface area (TPSA) is 76.9 Å². The maximum Gasteiger partial charge on any atom is 0.261 e. The van der Waals surface area contributed by atoms with E-state index >= 15 is 0 Å². The van der Waals surface area contributed by atoms with E-state index in [1.54, 1.807) is 16.7 Å². The molecule has 3 rings (SSSR count). The van der Waals surface area contributed by atoms with Gasteiger partial charge >= 0.3 is 0 Å². The van der Waals surface area contributed by atoms with Gasteiger partial charge in [-0.1, -0.05) is 44.5 Å². The summed E-state index contributed by atoms with van der Waals surface area (Å²) in [4.78, 5) is 0.0729. The highest BCUT2D eigenvalue weighted by Gasteiger charge is 2.24. The molecule has 0 saturated carbocycles. The SMILES string of the molecule is CCn1cnnc1-c1c(NS(=O)(=O)c2ccc(C(C)(C)C)cc2)ccc(Cl)c1F. The average molecular weight is 437 g/mol. The summed E-state index contributed by atoms with van der Waals surface area (Å²) in [6, 6.07) is 9.31. The maximum atomic E-state index is 14.9. The van der Waals surface area contributed by atoms with Gasteiger partial charge in [-0.2, -0.15) is 0 Å². The smallest absolute Gasteiger partial charge is 0.261 e. The van der Waals surface area contributed by atoms with E-state index in [0.29, 0.717) is 6.54 Å². The van der Waals surface area contributed by atoms with Crippen LogP contribution in [0.4, 0.5) is 10.1 Å². The fraction of sp³-hybridized carbons (Fsp3) is 0.300. The van der Waals surface area contributed by atoms with E-state index in [9.17, 15) is 12.8 Å². The maximum absolute atomic E-state index is 14.9. The van der Waals surface area contributed by atoms with Crippen molar-refractivity contribution in [2.24, 2.45) is 0 Å². The number of aryl methyl sites for hydroxylation is 1. The number of anilines is 1. The van der Waals surface area contributed by atoms with Gasteiger partial charge in [0.15, 0.2) is 11.6 Å². The first-order chi connectivity index (χ1) is 13.5. The van der Waals surface area contributed by atoms with Crippen LogP contribution >= 0.6 is 11.6 Å². The van der Waals surface area contributed by atoms with Crippen LogP contribution in [0, 0.1) is 5.82 Å². The zero-order chi connectivity index (χ0) is 21.4. The number of hydrogen-bond acceptors (Lipinski definition) is 4. The first-order valence-corrected chi connectivity index (χ1v) is 10.9. The van der Waals surface area contributed by atoms with Gasteiger partial charge in [-0.3, -0.25) is 4.72 Å². The molecule has 0 radical (unpaired) electrons. The summed E-state index contributed by atoms with van der Waals surface area (Å²) in [5, 5.41) is 7.60. The number of sulfonamides is 1. The number of aromatic nitrogens is 3. The molecule has 0 aliphatic heterocycles. The van der Waals surface area contributed by atoms with E-state index in [-0.39, 0.29) is 32.4 Å². The standard InChI is InChI=1S/C20H22ClFN4O2S/c1-5-26-12-23-24-19(26)17-16(11-10-15(21)18(17)22)25-29(27,28)14-8-6-13(7-9-14)20(2,3)4/h6-12,25H,5H2,1-4H3. The minimum Gasteiger partial charge on any atom is -0.314 e. The van der Waals surface area contributed by atoms with Gasteiger partial charge in [0.2, 0.25) is 0 Å². The molecule has 0 amide bonds. The van der Waals surface area contributed by atoms with Crippen molar-refractivity contribution < 1.29 is 12.8 Å². The van der Waals surface area contributed by atoms with Crippen LogP contribution in [0.2, 0.25) is 5.02 Å². The van der Waals surface area contributed by atoms with Gasteiger partial charge in [-0.05, 0) is 42.2 Å². The van der Waals surface area contributed by atoms with Gasteiger partial charge in [-0.15, -0.1) is 10.2 Å². The molecule has 0 aliphatic carbocycles. The Labute approximate surface area is 174 Å². The Morgan fingerprint density at radius 2 is 1.79 bits per heavy atom. The summed E-state index contributed by atoms with van der Waals surface area (Å²) in [6.45, 7) is 8.45. The second kappa shape index (κ2) is 7.76. The summed E-state index contributed by atoms with van der Waals surface area (Å²) >= 11 is 5.94. The third-order valence-electron chi connectivity index (χ3n) is 4.55. The summed E-state index contributed by atoms with van der Waals surface area (Å²) in [5.74, 6) is -0.578. The van der Waals surface area contributed by atoms with Crippen molar-refractivity contribution in [1.82, 2.24) is 14.8 Å². The molecule has 1 aromatic heterocycles. The fourth-order valence-electron chi connectivity index (χ4n) is 2.87. The molecule has 2 aromatic carbocycles. The van der Waals surface area contributed by atoms with Gasteiger partial charge in [0, 0.05) is 6.54 Å². The summed E-state index contributed by atoms with van der Waals surface area (Å²) in [5.41, 5.74) is 0.888. The van der Waals surface area contributed by atoms with E-state index in [1.165, 1.54) is 30.6 Å². The van der Waals surface area contributed by atoms with Crippen molar-refractivity contribution >= 4 is 27.3 Å². The van der Waals surface area contributed by atoms with Crippen molar-refractivity contribution in [2.75, 3.05) is 4.72 Å². The van der Waals surface area contributed by atoms with Gasteiger partial charge in [0.25, 0.3) is 10.0 Å². The summed E-state index contributed by atoms with van der Waals surface area (Å²) in [7, 11) is -3.96. The molecule has 0 atom stereocenters. The van der Waals surface area contributed by atoms with Crippen LogP contribution in [0.15, 0.2) is 47.6 Å². The van der Waals surface area contributed by atoms with Crippen LogP contribution in [0.3, 0.4) is 0 Å². The molecule has 9 heteroatoms. The van der Waals surface area contributed by atoms with Crippen molar-refractivity contribution in [2.45, 2.75) is 44.6 Å². The molecule has 1 N–H and O–H groups in total. The van der Waals surface area contributed by atoms with Gasteiger partial charge in [-0.25, -0.2) is 12.8 Å². The predicted molar refractivity (Wildman–Crippen MR) is 112 cm³/mol. The molecular formula is C20H22ClFN4O2S. The number of halogens is 2. The minimum absolute atomic E-state index is 0.0366. The number of nitrogens with one attached hydrogen (secondary N) is 1. The highest BCUT2D eigenvalue weighted by molar-refractivity contribution is 7.92. The lowest BCUT2D eigenvalue weighted by molar-refractivity contribution is 0.587. The Hall–Kier alpha value is -2.45. The quantitative estimate of drug-likeness (QED) is 0.619. The van der Waals surface area contributed by atoms with Gasteiger partial charge in [0.05, 0.1) is 21.2 Å². The zero-order valence-electron chi connectivity index (χ0n) is 16.6. The molecule has 3 aromatic rings. The average Bonchev–Trinajstić information content (AvgIpc) is 3.12. The predicted octanol–water partition coefficient (Wildman–Crippen LogP) is 4.86. The first-order valence-electron chi connectivity index (χ1n) is 9.04. The van der Waals surface area contributed by atoms with Gasteiger partial charge in [0.1, 0.15) is 6.33 Å². The second-order valence-corrected chi connectivity index (χ2v) is 9.69. The summed E-state index contributed by atoms with van der Waals surface area (Å²) in [6.07, 6.45) is 1.44. The van der Waals surface area contributed by atoms with Crippen LogP contribution in [-0.4, -0.2) is 23.2 Å². The first kappa shape index (κ1) is 21.3. The molecule has 0 bridgehead atoms. The Morgan fingerprint density at radius 3 is 2.38 bits per heavy atom. The number of hydrogen-bond donors (Lipinski definition) is 1. The molecule has 0 aliphatic rings. The van der Waals surface area contributed by atoms with Crippen LogP contribution < -0.4 is 4.72 Å². The summed E-state index contributed by atoms with van der Waals surface area (Å²) < 4.78 is 44.8. The highest BCUT2D eigenvalue weighted by Crippen LogP contribution is 2.35. The van der Waals surface area contributed by atoms with E-state index in [0.717, 1.165) is 5.56 Å². The molecule has 0 fully saturated rings. The van der Waals surface area contributed by atoms with Crippen LogP contribution in [-0.2, 0) is 22.0 Å². The van der Waals surface area contributed by atoms with Crippen LogP contribution in [0.25, 0.3) is 11.4 Å². The van der Waals surface area contributed by atoms with E-state index in [1.807, 2.05) is 27.7 Å². The molecule has 1 heterocycles. The van der Waals surface area contributed by atoms with E-state index < -0.39 is 15.8 Å². The molecule has 29 heavy (non-hydrogen) atoms. The number of nitrogens with zero attached hydrogens (tertiary/aromatic N) is 3. The lowest BCUT2D eigenvalue weighted by atomic mass is 9.87. The normalized spacial score (nSPS) is 12.2. The largest absolute Gasteiger partial charge is 0.314 e. The van der Waals surface area contributed by atoms with Crippen molar-refractivity contribution in [3.8, 4) is 11.4 Å². The third-order valence-corrected chi connectivity index (χ3v) is 6.22. The third kappa shape index (κ3) is 4.28. The van der Waals surface area contributed by atoms with E-state index in [2.05, 4.69) is 14.9 Å². The molecule has 0 unspecified atom stereocenters. The molecule has 6 nitrogen and oxygen atoms in total. The van der Waals surface area contributed by atoms with Crippen LogP contribution in [0.1, 0.15) is 33.3 Å². The monoisotopic (exact) mass is 436 g/mol. The molecule has 0 saturated heterocycles. The van der Waals surface area contributed by atoms with Gasteiger partial charge < -0.3 is 4.57 Å². The Kier molecular flexibility index (Phi) is 5.69. The van der Waals surface area contributed by atoms with Crippen LogP contribution in [0.5, 0.6) is 0 Å². The fourth-order valence-corrected chi connectivity index (χ4v) is 4.10. The van der Waals surface area contributed by atoms with E-state index in [4.69, 9.17) is 11.6 Å². The minimum atomic E-state index is -3.96. The molecule has 0 spiro atoms. The lowest BCUT2D eigenvalue weighted by Crippen LogP contribution is -2.16. The number of rotatable bonds is 5. The number of benzene rings is 2. The Morgan fingerprint density at radius 1 is 1.14 bits per heavy atom. The van der Waals surface area contributed by atoms with Crippen molar-refractivity contribution in [3.05, 3.63) is 59.1 Å². The van der Waals surface area contributed by atoms with Crippen molar-refractivity contribution in [1.29, 1.82) is 0 Å². The molecule has 154 valence electrons. The second-order valence-electron chi connectivity index (χ2n) is 7.60. The Bertz CT molecular complexity index is 1140. The Balaban J connectivity index is 2.05. The lowest BCUT2D eigenvalue weighted by Gasteiger charge is -2.19. The highest BCUT2D eigenvalue weighted by atomic mass is 35.5. The van der Waals surface area contributed by atoms with Crippen molar-refractivity contribution in [3.63, 3.8) is 0 Å². The zero-order valence-corrected chi connectivity index (χ0v) is 18.1. The molecular weight excluding hydrogens is 415 g/mol.